The summed E-state index contributed by atoms with van der Waals surface area (Å²) >= 11 is 6.03. The molecule has 0 saturated carbocycles. The van der Waals surface area contributed by atoms with Gasteiger partial charge in [-0.15, -0.1) is 0 Å². The number of nitrogens with one attached hydrogen (secondary N) is 2. The first-order chi connectivity index (χ1) is 12.0. The number of aryl methyl sites for hydroxylation is 1. The van der Waals surface area contributed by atoms with E-state index in [-0.39, 0.29) is 5.91 Å². The van der Waals surface area contributed by atoms with Crippen LogP contribution in [0.3, 0.4) is 0 Å². The van der Waals surface area contributed by atoms with E-state index in [2.05, 4.69) is 15.6 Å². The molecule has 2 heterocycles. The van der Waals surface area contributed by atoms with Crippen molar-refractivity contribution in [1.29, 1.82) is 0 Å². The van der Waals surface area contributed by atoms with Crippen molar-refractivity contribution in [3.63, 3.8) is 0 Å². The van der Waals surface area contributed by atoms with E-state index in [1.54, 1.807) is 12.1 Å². The van der Waals surface area contributed by atoms with Gasteiger partial charge in [0, 0.05) is 39.1 Å². The molecule has 0 fully saturated rings. The molecule has 0 aromatic carbocycles. The SMILES string of the molecule is CCNC(=NCCNC(=O)c1ccco1)N(C)Cc1cc(Cl)cn1C. The second-order valence-corrected chi connectivity index (χ2v) is 6.02. The first-order valence-corrected chi connectivity index (χ1v) is 8.51. The van der Waals surface area contributed by atoms with Crippen LogP contribution in [-0.2, 0) is 13.6 Å². The largest absolute Gasteiger partial charge is 0.459 e. The summed E-state index contributed by atoms with van der Waals surface area (Å²) in [6.45, 7) is 4.34. The van der Waals surface area contributed by atoms with Crippen LogP contribution in [-0.4, -0.2) is 48.0 Å². The maximum atomic E-state index is 11.8. The standard InChI is InChI=1S/C17H24ClN5O2/c1-4-19-17(23(3)12-14-10-13(18)11-22(14)2)21-8-7-20-16(24)15-6-5-9-25-15/h5-6,9-11H,4,7-8,12H2,1-3H3,(H,19,21)(H,20,24). The molecule has 0 aliphatic rings. The Labute approximate surface area is 152 Å². The molecule has 1 amide bonds. The highest BCUT2D eigenvalue weighted by atomic mass is 35.5. The molecule has 0 aliphatic carbocycles. The molecule has 0 atom stereocenters. The van der Waals surface area contributed by atoms with Gasteiger partial charge < -0.3 is 24.5 Å². The van der Waals surface area contributed by atoms with E-state index < -0.39 is 0 Å². The molecule has 0 saturated heterocycles. The molecule has 7 nitrogen and oxygen atoms in total. The number of aliphatic imine (C=N–C) groups is 1. The van der Waals surface area contributed by atoms with Crippen molar-refractivity contribution in [2.24, 2.45) is 12.0 Å². The highest BCUT2D eigenvalue weighted by molar-refractivity contribution is 6.30. The number of hydrogen-bond donors (Lipinski definition) is 2. The fourth-order valence-corrected chi connectivity index (χ4v) is 2.61. The fourth-order valence-electron chi connectivity index (χ4n) is 2.34. The number of nitrogens with zero attached hydrogens (tertiary/aromatic N) is 3. The lowest BCUT2D eigenvalue weighted by Gasteiger charge is -2.22. The summed E-state index contributed by atoms with van der Waals surface area (Å²) in [6.07, 6.45) is 3.35. The molecular formula is C17H24ClN5O2. The number of hydrogen-bond acceptors (Lipinski definition) is 3. The summed E-state index contributed by atoms with van der Waals surface area (Å²) in [5, 5.41) is 6.74. The number of carbonyl (C=O) groups is 1. The van der Waals surface area contributed by atoms with E-state index in [1.165, 1.54) is 6.26 Å². The van der Waals surface area contributed by atoms with Crippen LogP contribution in [0.1, 0.15) is 23.2 Å². The first kappa shape index (κ1) is 18.9. The van der Waals surface area contributed by atoms with Crippen LogP contribution in [0.4, 0.5) is 0 Å². The molecule has 136 valence electrons. The molecule has 8 heteroatoms. The van der Waals surface area contributed by atoms with Crippen LogP contribution >= 0.6 is 11.6 Å². The lowest BCUT2D eigenvalue weighted by Crippen LogP contribution is -2.39. The van der Waals surface area contributed by atoms with Crippen molar-refractivity contribution >= 4 is 23.5 Å². The molecule has 2 N–H and O–H groups in total. The fraction of sp³-hybridized carbons (Fsp3) is 0.412. The second-order valence-electron chi connectivity index (χ2n) is 5.59. The maximum absolute atomic E-state index is 11.8. The van der Waals surface area contributed by atoms with Gasteiger partial charge in [0.15, 0.2) is 11.7 Å². The van der Waals surface area contributed by atoms with Gasteiger partial charge in [0.2, 0.25) is 0 Å². The van der Waals surface area contributed by atoms with Gasteiger partial charge in [-0.05, 0) is 25.1 Å². The second kappa shape index (κ2) is 9.17. The van der Waals surface area contributed by atoms with Gasteiger partial charge in [-0.3, -0.25) is 9.79 Å². The molecular weight excluding hydrogens is 342 g/mol. The number of guanidine groups is 1. The topological polar surface area (TPSA) is 74.8 Å². The van der Waals surface area contributed by atoms with Crippen molar-refractivity contribution in [2.45, 2.75) is 13.5 Å². The third kappa shape index (κ3) is 5.56. The average Bonchev–Trinajstić information content (AvgIpc) is 3.20. The molecule has 2 rings (SSSR count). The zero-order valence-electron chi connectivity index (χ0n) is 14.8. The number of halogens is 1. The predicted molar refractivity (Wildman–Crippen MR) is 98.9 cm³/mol. The zero-order chi connectivity index (χ0) is 18.2. The lowest BCUT2D eigenvalue weighted by molar-refractivity contribution is 0.0927. The highest BCUT2D eigenvalue weighted by Crippen LogP contribution is 2.14. The average molecular weight is 366 g/mol. The van der Waals surface area contributed by atoms with Crippen molar-refractivity contribution in [2.75, 3.05) is 26.7 Å². The Morgan fingerprint density at radius 1 is 1.44 bits per heavy atom. The zero-order valence-corrected chi connectivity index (χ0v) is 15.5. The van der Waals surface area contributed by atoms with E-state index in [9.17, 15) is 4.79 Å². The number of aromatic nitrogens is 1. The van der Waals surface area contributed by atoms with E-state index in [4.69, 9.17) is 16.0 Å². The predicted octanol–water partition coefficient (Wildman–Crippen LogP) is 2.10. The van der Waals surface area contributed by atoms with Crippen LogP contribution in [0.2, 0.25) is 5.02 Å². The van der Waals surface area contributed by atoms with Gasteiger partial charge in [-0.2, -0.15) is 0 Å². The van der Waals surface area contributed by atoms with E-state index in [0.717, 1.165) is 18.2 Å². The van der Waals surface area contributed by atoms with Gasteiger partial charge in [-0.25, -0.2) is 0 Å². The Morgan fingerprint density at radius 2 is 2.24 bits per heavy atom. The highest BCUT2D eigenvalue weighted by Gasteiger charge is 2.10. The van der Waals surface area contributed by atoms with Gasteiger partial charge >= 0.3 is 0 Å². The smallest absolute Gasteiger partial charge is 0.287 e. The third-order valence-electron chi connectivity index (χ3n) is 3.57. The Kier molecular flexibility index (Phi) is 6.94. The van der Waals surface area contributed by atoms with Crippen molar-refractivity contribution in [3.05, 3.63) is 47.1 Å². The minimum Gasteiger partial charge on any atom is -0.459 e. The molecule has 0 spiro atoms. The number of amides is 1. The third-order valence-corrected chi connectivity index (χ3v) is 3.78. The van der Waals surface area contributed by atoms with E-state index in [0.29, 0.717) is 30.4 Å². The van der Waals surface area contributed by atoms with Crippen molar-refractivity contribution in [1.82, 2.24) is 20.1 Å². The summed E-state index contributed by atoms with van der Waals surface area (Å²) in [7, 11) is 3.92. The molecule has 0 unspecified atom stereocenters. The van der Waals surface area contributed by atoms with Crippen molar-refractivity contribution < 1.29 is 9.21 Å². The van der Waals surface area contributed by atoms with Crippen LogP contribution < -0.4 is 10.6 Å². The Morgan fingerprint density at radius 3 is 2.84 bits per heavy atom. The molecule has 25 heavy (non-hydrogen) atoms. The van der Waals surface area contributed by atoms with Crippen molar-refractivity contribution in [3.8, 4) is 0 Å². The van der Waals surface area contributed by atoms with E-state index >= 15 is 0 Å². The van der Waals surface area contributed by atoms with E-state index in [1.807, 2.05) is 42.7 Å². The number of carbonyl (C=O) groups excluding carboxylic acids is 1. The summed E-state index contributed by atoms with van der Waals surface area (Å²) in [5.41, 5.74) is 1.09. The Bertz CT molecular complexity index is 709. The van der Waals surface area contributed by atoms with Gasteiger partial charge in [0.1, 0.15) is 0 Å². The van der Waals surface area contributed by atoms with Crippen LogP contribution in [0.15, 0.2) is 40.1 Å². The van der Waals surface area contributed by atoms with Crippen LogP contribution in [0.25, 0.3) is 0 Å². The lowest BCUT2D eigenvalue weighted by atomic mass is 10.4. The summed E-state index contributed by atoms with van der Waals surface area (Å²) in [4.78, 5) is 18.4. The molecule has 2 aromatic rings. The minimum absolute atomic E-state index is 0.239. The van der Waals surface area contributed by atoms with Crippen LogP contribution in [0.5, 0.6) is 0 Å². The van der Waals surface area contributed by atoms with Gasteiger partial charge in [0.25, 0.3) is 5.91 Å². The monoisotopic (exact) mass is 365 g/mol. The molecule has 0 aliphatic heterocycles. The van der Waals surface area contributed by atoms with Gasteiger partial charge in [0.05, 0.1) is 24.4 Å². The summed E-state index contributed by atoms with van der Waals surface area (Å²) in [5.74, 6) is 0.831. The normalized spacial score (nSPS) is 11.4. The Balaban J connectivity index is 1.88. The maximum Gasteiger partial charge on any atom is 0.287 e. The molecule has 0 bridgehead atoms. The first-order valence-electron chi connectivity index (χ1n) is 8.13. The van der Waals surface area contributed by atoms with Crippen LogP contribution in [0, 0.1) is 0 Å². The summed E-state index contributed by atoms with van der Waals surface area (Å²) < 4.78 is 7.04. The summed E-state index contributed by atoms with van der Waals surface area (Å²) in [6, 6.07) is 5.24. The molecule has 0 radical (unpaired) electrons. The number of rotatable bonds is 7. The molecule has 2 aromatic heterocycles. The quantitative estimate of drug-likeness (QED) is 0.447. The minimum atomic E-state index is -0.239. The van der Waals surface area contributed by atoms with Gasteiger partial charge in [-0.1, -0.05) is 11.6 Å². The Hall–Kier alpha value is -2.41. The number of furan rings is 1.